The maximum absolute atomic E-state index is 12.5. The Bertz CT molecular complexity index is 564. The number of hydrogen-bond donors (Lipinski definition) is 2. The van der Waals surface area contributed by atoms with Crippen molar-refractivity contribution in [3.63, 3.8) is 0 Å². The zero-order chi connectivity index (χ0) is 16.3. The molecule has 2 aliphatic rings. The average Bonchev–Trinajstić information content (AvgIpc) is 3.06. The molecular weight excluding hydrogens is 296 g/mol. The maximum Gasteiger partial charge on any atom is 0.329 e. The van der Waals surface area contributed by atoms with Crippen LogP contribution in [0.15, 0.2) is 18.6 Å². The van der Waals surface area contributed by atoms with Crippen molar-refractivity contribution >= 4 is 17.7 Å². The number of nitrogens with zero attached hydrogens (tertiary/aromatic N) is 3. The Kier molecular flexibility index (Phi) is 4.45. The van der Waals surface area contributed by atoms with Gasteiger partial charge in [0, 0.05) is 31.4 Å². The van der Waals surface area contributed by atoms with Crippen LogP contribution in [0.2, 0.25) is 0 Å². The number of hydrogen-bond acceptors (Lipinski definition) is 5. The van der Waals surface area contributed by atoms with E-state index in [-0.39, 0.29) is 11.8 Å². The second kappa shape index (κ2) is 6.52. The lowest BCUT2D eigenvalue weighted by Gasteiger charge is -2.34. The number of aromatic nitrogens is 2. The first kappa shape index (κ1) is 15.7. The van der Waals surface area contributed by atoms with E-state index in [1.54, 1.807) is 18.6 Å². The standard InChI is InChI=1S/C16H22N4O3/c21-14(19-16(15(22)23)5-1-2-6-16)12-3-9-20(10-4-12)13-11-17-7-8-18-13/h7-8,11-12H,1-6,9-10H2,(H,19,21)(H,22,23). The van der Waals surface area contributed by atoms with Gasteiger partial charge in [0.2, 0.25) is 5.91 Å². The highest BCUT2D eigenvalue weighted by Crippen LogP contribution is 2.31. The van der Waals surface area contributed by atoms with Gasteiger partial charge in [-0.2, -0.15) is 0 Å². The Labute approximate surface area is 135 Å². The first-order chi connectivity index (χ1) is 11.1. The van der Waals surface area contributed by atoms with Crippen molar-refractivity contribution in [3.05, 3.63) is 18.6 Å². The number of carboxylic acid groups (broad SMARTS) is 1. The van der Waals surface area contributed by atoms with Crippen LogP contribution in [-0.4, -0.2) is 45.6 Å². The van der Waals surface area contributed by atoms with Crippen LogP contribution in [0.1, 0.15) is 38.5 Å². The van der Waals surface area contributed by atoms with E-state index < -0.39 is 11.5 Å². The molecule has 3 rings (SSSR count). The van der Waals surface area contributed by atoms with Crippen LogP contribution in [0.5, 0.6) is 0 Å². The molecule has 2 fully saturated rings. The number of anilines is 1. The van der Waals surface area contributed by atoms with E-state index in [0.717, 1.165) is 31.7 Å². The molecule has 0 radical (unpaired) electrons. The van der Waals surface area contributed by atoms with Crippen LogP contribution in [-0.2, 0) is 9.59 Å². The van der Waals surface area contributed by atoms with E-state index in [2.05, 4.69) is 20.2 Å². The lowest BCUT2D eigenvalue weighted by atomic mass is 9.92. The largest absolute Gasteiger partial charge is 0.480 e. The van der Waals surface area contributed by atoms with Crippen LogP contribution in [0.3, 0.4) is 0 Å². The molecule has 124 valence electrons. The van der Waals surface area contributed by atoms with Crippen molar-refractivity contribution in [1.29, 1.82) is 0 Å². The number of carboxylic acids is 1. The summed E-state index contributed by atoms with van der Waals surface area (Å²) in [5.74, 6) is -0.322. The van der Waals surface area contributed by atoms with Gasteiger partial charge in [-0.15, -0.1) is 0 Å². The molecule has 0 unspecified atom stereocenters. The van der Waals surface area contributed by atoms with Crippen molar-refractivity contribution in [3.8, 4) is 0 Å². The van der Waals surface area contributed by atoms with Crippen molar-refractivity contribution < 1.29 is 14.7 Å². The second-order valence-electron chi connectivity index (χ2n) is 6.41. The fourth-order valence-corrected chi connectivity index (χ4v) is 3.53. The number of carbonyl (C=O) groups is 2. The normalized spacial score (nSPS) is 21.1. The van der Waals surface area contributed by atoms with E-state index in [1.807, 2.05) is 0 Å². The van der Waals surface area contributed by atoms with Gasteiger partial charge in [-0.3, -0.25) is 9.78 Å². The molecule has 0 aromatic carbocycles. The van der Waals surface area contributed by atoms with Crippen molar-refractivity contribution in [2.24, 2.45) is 5.92 Å². The minimum Gasteiger partial charge on any atom is -0.480 e. The van der Waals surface area contributed by atoms with Gasteiger partial charge in [-0.05, 0) is 25.7 Å². The van der Waals surface area contributed by atoms with E-state index in [4.69, 9.17) is 0 Å². The molecule has 1 aromatic rings. The Balaban J connectivity index is 1.57. The minimum absolute atomic E-state index is 0.118. The van der Waals surface area contributed by atoms with Crippen molar-refractivity contribution in [2.75, 3.05) is 18.0 Å². The van der Waals surface area contributed by atoms with Crippen LogP contribution in [0, 0.1) is 5.92 Å². The number of aliphatic carboxylic acids is 1. The van der Waals surface area contributed by atoms with Gasteiger partial charge in [0.25, 0.3) is 0 Å². The Morgan fingerprint density at radius 3 is 2.48 bits per heavy atom. The van der Waals surface area contributed by atoms with Gasteiger partial charge in [0.05, 0.1) is 6.20 Å². The van der Waals surface area contributed by atoms with Crippen LogP contribution in [0.25, 0.3) is 0 Å². The van der Waals surface area contributed by atoms with E-state index >= 15 is 0 Å². The van der Waals surface area contributed by atoms with Gasteiger partial charge in [-0.1, -0.05) is 12.8 Å². The third-order valence-electron chi connectivity index (χ3n) is 4.97. The van der Waals surface area contributed by atoms with Gasteiger partial charge >= 0.3 is 5.97 Å². The molecular formula is C16H22N4O3. The molecule has 1 amide bonds. The predicted molar refractivity (Wildman–Crippen MR) is 83.9 cm³/mol. The summed E-state index contributed by atoms with van der Waals surface area (Å²) in [4.78, 5) is 34.5. The summed E-state index contributed by atoms with van der Waals surface area (Å²) >= 11 is 0. The first-order valence-electron chi connectivity index (χ1n) is 8.17. The molecule has 2 heterocycles. The summed E-state index contributed by atoms with van der Waals surface area (Å²) in [5.41, 5.74) is -1.04. The van der Waals surface area contributed by atoms with Gasteiger partial charge in [0.1, 0.15) is 11.4 Å². The summed E-state index contributed by atoms with van der Waals surface area (Å²) < 4.78 is 0. The number of amides is 1. The molecule has 23 heavy (non-hydrogen) atoms. The monoisotopic (exact) mass is 318 g/mol. The number of nitrogens with one attached hydrogen (secondary N) is 1. The summed E-state index contributed by atoms with van der Waals surface area (Å²) in [6, 6.07) is 0. The minimum atomic E-state index is -1.04. The molecule has 0 bridgehead atoms. The second-order valence-corrected chi connectivity index (χ2v) is 6.41. The van der Waals surface area contributed by atoms with Gasteiger partial charge in [-0.25, -0.2) is 9.78 Å². The molecule has 1 aliphatic carbocycles. The van der Waals surface area contributed by atoms with E-state index in [9.17, 15) is 14.7 Å². The lowest BCUT2D eigenvalue weighted by Crippen LogP contribution is -2.55. The molecule has 1 aliphatic heterocycles. The molecule has 1 saturated carbocycles. The molecule has 1 saturated heterocycles. The molecule has 0 spiro atoms. The molecule has 7 nitrogen and oxygen atoms in total. The highest BCUT2D eigenvalue weighted by molar-refractivity contribution is 5.88. The Morgan fingerprint density at radius 2 is 1.91 bits per heavy atom. The maximum atomic E-state index is 12.5. The first-order valence-corrected chi connectivity index (χ1v) is 8.17. The van der Waals surface area contributed by atoms with Gasteiger partial charge < -0.3 is 15.3 Å². The van der Waals surface area contributed by atoms with E-state index in [0.29, 0.717) is 25.7 Å². The summed E-state index contributed by atoms with van der Waals surface area (Å²) in [7, 11) is 0. The fraction of sp³-hybridized carbons (Fsp3) is 0.625. The smallest absolute Gasteiger partial charge is 0.329 e. The molecule has 0 atom stereocenters. The quantitative estimate of drug-likeness (QED) is 0.866. The fourth-order valence-electron chi connectivity index (χ4n) is 3.53. The summed E-state index contributed by atoms with van der Waals surface area (Å²) in [5, 5.41) is 12.3. The van der Waals surface area contributed by atoms with Crippen LogP contribution < -0.4 is 10.2 Å². The number of piperidine rings is 1. The zero-order valence-electron chi connectivity index (χ0n) is 13.1. The molecule has 1 aromatic heterocycles. The average molecular weight is 318 g/mol. The van der Waals surface area contributed by atoms with E-state index in [1.165, 1.54) is 0 Å². The molecule has 2 N–H and O–H groups in total. The topological polar surface area (TPSA) is 95.4 Å². The number of rotatable bonds is 4. The molecule has 7 heteroatoms. The third-order valence-corrected chi connectivity index (χ3v) is 4.97. The van der Waals surface area contributed by atoms with Gasteiger partial charge in [0.15, 0.2) is 0 Å². The highest BCUT2D eigenvalue weighted by atomic mass is 16.4. The Morgan fingerprint density at radius 1 is 1.22 bits per heavy atom. The Hall–Kier alpha value is -2.18. The lowest BCUT2D eigenvalue weighted by molar-refractivity contribution is -0.148. The number of carbonyl (C=O) groups excluding carboxylic acids is 1. The van der Waals surface area contributed by atoms with Crippen LogP contribution >= 0.6 is 0 Å². The zero-order valence-corrected chi connectivity index (χ0v) is 13.1. The van der Waals surface area contributed by atoms with Crippen molar-refractivity contribution in [2.45, 2.75) is 44.1 Å². The van der Waals surface area contributed by atoms with Crippen molar-refractivity contribution in [1.82, 2.24) is 15.3 Å². The third kappa shape index (κ3) is 3.28. The summed E-state index contributed by atoms with van der Waals surface area (Å²) in [6.07, 6.45) is 9.21. The van der Waals surface area contributed by atoms with Crippen LogP contribution in [0.4, 0.5) is 5.82 Å². The highest BCUT2D eigenvalue weighted by Gasteiger charge is 2.43. The summed E-state index contributed by atoms with van der Waals surface area (Å²) in [6.45, 7) is 1.47. The predicted octanol–water partition coefficient (Wildman–Crippen LogP) is 1.21. The SMILES string of the molecule is O=C(NC1(C(=O)O)CCCC1)C1CCN(c2cnccn2)CC1.